The molecule has 1 N–H and O–H groups in total. The molecule has 144 valence electrons. The van der Waals surface area contributed by atoms with Gasteiger partial charge in [0.25, 0.3) is 0 Å². The van der Waals surface area contributed by atoms with E-state index in [1.54, 1.807) is 0 Å². The number of hydrogen-bond donors (Lipinski definition) is 1. The Balaban J connectivity index is 2.08. The van der Waals surface area contributed by atoms with Crippen molar-refractivity contribution >= 4 is 10.1 Å². The van der Waals surface area contributed by atoms with Gasteiger partial charge in [-0.05, 0) is 33.6 Å². The fourth-order valence-electron chi connectivity index (χ4n) is 3.72. The highest BCUT2D eigenvalue weighted by Gasteiger charge is 2.49. The normalized spacial score (nSPS) is 24.8. The van der Waals surface area contributed by atoms with Gasteiger partial charge in [-0.2, -0.15) is 21.6 Å². The van der Waals surface area contributed by atoms with Gasteiger partial charge >= 0.3 is 15.6 Å². The molecule has 1 aromatic carbocycles. The maximum absolute atomic E-state index is 12.5. The number of hydrogen-bond acceptors (Lipinski definition) is 5. The van der Waals surface area contributed by atoms with Gasteiger partial charge in [0.1, 0.15) is 22.8 Å². The Hall–Kier alpha value is -1.90. The quantitative estimate of drug-likeness (QED) is 0.463. The van der Waals surface area contributed by atoms with Gasteiger partial charge in [0.15, 0.2) is 0 Å². The minimum absolute atomic E-state index is 0.0790. The van der Waals surface area contributed by atoms with E-state index in [0.717, 1.165) is 30.5 Å². The zero-order valence-electron chi connectivity index (χ0n) is 14.4. The molecule has 0 saturated carbocycles. The summed E-state index contributed by atoms with van der Waals surface area (Å²) in [7, 11) is -5.83. The molecule has 0 spiro atoms. The Labute approximate surface area is 149 Å². The first-order valence-electron chi connectivity index (χ1n) is 8.06. The van der Waals surface area contributed by atoms with Gasteiger partial charge < -0.3 is 14.0 Å². The molecular weight excluding hydrogens is 373 g/mol. The van der Waals surface area contributed by atoms with Crippen molar-refractivity contribution in [2.75, 3.05) is 0 Å². The summed E-state index contributed by atoms with van der Waals surface area (Å²) >= 11 is 0. The smallest absolute Gasteiger partial charge is 0.507 e. The third-order valence-corrected chi connectivity index (χ3v) is 5.91. The summed E-state index contributed by atoms with van der Waals surface area (Å²) in [6.45, 7) is 5.70. The van der Waals surface area contributed by atoms with Gasteiger partial charge in [-0.15, -0.1) is 0 Å². The molecular formula is C17H19F3O5S. The zero-order valence-corrected chi connectivity index (χ0v) is 15.2. The molecule has 0 unspecified atom stereocenters. The average Bonchev–Trinajstić information content (AvgIpc) is 2.43. The second-order valence-electron chi connectivity index (χ2n) is 7.23. The summed E-state index contributed by atoms with van der Waals surface area (Å²) in [6, 6.07) is 1.95. The first-order chi connectivity index (χ1) is 11.8. The maximum atomic E-state index is 12.5. The van der Waals surface area contributed by atoms with Crippen LogP contribution in [0.15, 0.2) is 23.8 Å². The molecule has 0 saturated heterocycles. The van der Waals surface area contributed by atoms with Crippen molar-refractivity contribution < 1.29 is 35.6 Å². The average molecular weight is 392 g/mol. The molecule has 0 aromatic heterocycles. The minimum atomic E-state index is -5.83. The number of fused-ring (bicyclic) bond motifs is 3. The molecule has 2 aliphatic rings. The van der Waals surface area contributed by atoms with Crippen LogP contribution in [0.1, 0.15) is 45.1 Å². The highest BCUT2D eigenvalue weighted by Crippen LogP contribution is 2.54. The van der Waals surface area contributed by atoms with Crippen molar-refractivity contribution in [2.45, 2.75) is 50.6 Å². The predicted molar refractivity (Wildman–Crippen MR) is 87.6 cm³/mol. The summed E-state index contributed by atoms with van der Waals surface area (Å²) in [5, 5.41) is 10.4. The van der Waals surface area contributed by atoms with Crippen LogP contribution in [0.25, 0.3) is 0 Å². The highest BCUT2D eigenvalue weighted by molar-refractivity contribution is 7.88. The number of benzene rings is 1. The molecule has 9 heteroatoms. The van der Waals surface area contributed by atoms with Gasteiger partial charge in [0, 0.05) is 29.5 Å². The van der Waals surface area contributed by atoms with Crippen LogP contribution in [0.2, 0.25) is 0 Å². The Morgan fingerprint density at radius 1 is 1.31 bits per heavy atom. The summed E-state index contributed by atoms with van der Waals surface area (Å²) in [5.74, 6) is -0.976. The number of phenolic OH excluding ortho intramolecular Hbond substituents is 1. The van der Waals surface area contributed by atoms with Crippen molar-refractivity contribution in [2.24, 2.45) is 5.92 Å². The molecule has 1 heterocycles. The number of rotatable bonds is 2. The first kappa shape index (κ1) is 18.9. The van der Waals surface area contributed by atoms with Crippen molar-refractivity contribution in [3.63, 3.8) is 0 Å². The summed E-state index contributed by atoms with van der Waals surface area (Å²) in [6.07, 6.45) is 3.76. The lowest BCUT2D eigenvalue weighted by atomic mass is 9.68. The number of allylic oxidation sites excluding steroid dienone is 2. The second-order valence-corrected chi connectivity index (χ2v) is 8.76. The lowest BCUT2D eigenvalue weighted by Gasteiger charge is -2.46. The molecule has 0 amide bonds. The Morgan fingerprint density at radius 2 is 1.96 bits per heavy atom. The van der Waals surface area contributed by atoms with Crippen molar-refractivity contribution in [1.29, 1.82) is 0 Å². The lowest BCUT2D eigenvalue weighted by molar-refractivity contribution is -0.0500. The van der Waals surface area contributed by atoms with E-state index in [1.807, 2.05) is 26.8 Å². The van der Waals surface area contributed by atoms with E-state index in [1.165, 1.54) is 0 Å². The molecule has 0 bridgehead atoms. The fraction of sp³-hybridized carbons (Fsp3) is 0.529. The monoisotopic (exact) mass is 392 g/mol. The molecule has 26 heavy (non-hydrogen) atoms. The van der Waals surface area contributed by atoms with E-state index < -0.39 is 27.0 Å². The number of phenols is 1. The molecule has 0 radical (unpaired) electrons. The molecule has 1 aliphatic heterocycles. The number of aromatic hydroxyl groups is 1. The lowest BCUT2D eigenvalue weighted by Crippen LogP contribution is -2.45. The van der Waals surface area contributed by atoms with Crippen LogP contribution in [0.3, 0.4) is 0 Å². The van der Waals surface area contributed by atoms with Gasteiger partial charge in [-0.25, -0.2) is 0 Å². The van der Waals surface area contributed by atoms with Gasteiger partial charge in [-0.3, -0.25) is 0 Å². The first-order valence-corrected chi connectivity index (χ1v) is 9.46. The molecule has 5 nitrogen and oxygen atoms in total. The van der Waals surface area contributed by atoms with E-state index in [9.17, 15) is 26.7 Å². The highest BCUT2D eigenvalue weighted by atomic mass is 32.2. The molecule has 1 aromatic rings. The molecule has 0 fully saturated rings. The zero-order chi connectivity index (χ0) is 19.5. The molecule has 2 atom stereocenters. The SMILES string of the molecule is CC1=C[C@@H]2c3c(O)cc(OS(=O)(=O)C(F)(F)F)cc3OC(C)(C)[C@H]2CC1. The van der Waals surface area contributed by atoms with Crippen LogP contribution in [0.5, 0.6) is 17.2 Å². The maximum Gasteiger partial charge on any atom is 0.534 e. The second kappa shape index (κ2) is 5.80. The van der Waals surface area contributed by atoms with Crippen LogP contribution in [-0.4, -0.2) is 24.6 Å². The van der Waals surface area contributed by atoms with E-state index in [0.29, 0.717) is 5.56 Å². The van der Waals surface area contributed by atoms with Gasteiger partial charge in [-0.1, -0.05) is 11.6 Å². The number of ether oxygens (including phenoxy) is 1. The fourth-order valence-corrected chi connectivity index (χ4v) is 4.17. The van der Waals surface area contributed by atoms with Crippen LogP contribution < -0.4 is 8.92 Å². The molecule has 1 aliphatic carbocycles. The van der Waals surface area contributed by atoms with Crippen LogP contribution in [-0.2, 0) is 10.1 Å². The van der Waals surface area contributed by atoms with Crippen molar-refractivity contribution in [1.82, 2.24) is 0 Å². The minimum Gasteiger partial charge on any atom is -0.507 e. The Bertz CT molecular complexity index is 871. The van der Waals surface area contributed by atoms with E-state index in [-0.39, 0.29) is 23.3 Å². The van der Waals surface area contributed by atoms with Gasteiger partial charge in [0.05, 0.1) is 0 Å². The largest absolute Gasteiger partial charge is 0.534 e. The van der Waals surface area contributed by atoms with Crippen LogP contribution in [0.4, 0.5) is 13.2 Å². The standard InChI is InChI=1S/C17H19F3O5S/c1-9-4-5-12-11(6-9)15-13(21)7-10(8-14(15)24-16(12,2)3)25-26(22,23)17(18,19)20/h6-8,11-12,21H,4-5H2,1-3H3/t11-,12-/m0/s1. The van der Waals surface area contributed by atoms with Crippen LogP contribution >= 0.6 is 0 Å². The van der Waals surface area contributed by atoms with Gasteiger partial charge in [0.2, 0.25) is 0 Å². The predicted octanol–water partition coefficient (Wildman–Crippen LogP) is 4.23. The van der Waals surface area contributed by atoms with Crippen molar-refractivity contribution in [3.05, 3.63) is 29.3 Å². The van der Waals surface area contributed by atoms with Crippen LogP contribution in [0, 0.1) is 5.92 Å². The van der Waals surface area contributed by atoms with E-state index in [4.69, 9.17) is 4.74 Å². The Morgan fingerprint density at radius 3 is 2.58 bits per heavy atom. The Kier molecular flexibility index (Phi) is 4.21. The number of alkyl halides is 3. The van der Waals surface area contributed by atoms with E-state index in [2.05, 4.69) is 4.18 Å². The summed E-state index contributed by atoms with van der Waals surface area (Å²) in [4.78, 5) is 0. The third-order valence-electron chi connectivity index (χ3n) is 4.93. The molecule has 3 rings (SSSR count). The number of halogens is 3. The van der Waals surface area contributed by atoms with E-state index >= 15 is 0 Å². The third kappa shape index (κ3) is 3.13. The summed E-state index contributed by atoms with van der Waals surface area (Å²) < 4.78 is 70.1. The summed E-state index contributed by atoms with van der Waals surface area (Å²) in [5.41, 5.74) is -4.62. The van der Waals surface area contributed by atoms with Crippen molar-refractivity contribution in [3.8, 4) is 17.2 Å². The topological polar surface area (TPSA) is 72.8 Å².